The van der Waals surface area contributed by atoms with Gasteiger partial charge in [-0.05, 0) is 25.3 Å². The fourth-order valence-electron chi connectivity index (χ4n) is 3.88. The van der Waals surface area contributed by atoms with E-state index in [4.69, 9.17) is 0 Å². The fourth-order valence-corrected chi connectivity index (χ4v) is 3.88. The van der Waals surface area contributed by atoms with Crippen molar-refractivity contribution >= 4 is 29.9 Å². The van der Waals surface area contributed by atoms with Crippen LogP contribution < -0.4 is 10.6 Å². The van der Waals surface area contributed by atoms with Gasteiger partial charge in [-0.25, -0.2) is 0 Å². The van der Waals surface area contributed by atoms with E-state index in [2.05, 4.69) is 56.8 Å². The second-order valence-electron chi connectivity index (χ2n) is 7.77. The molecule has 0 spiro atoms. The molecular weight excluding hydrogens is 520 g/mol. The highest BCUT2D eigenvalue weighted by Gasteiger charge is 2.36. The average Bonchev–Trinajstić information content (AvgIpc) is 3.09. The second-order valence-corrected chi connectivity index (χ2v) is 7.77. The lowest BCUT2D eigenvalue weighted by molar-refractivity contribution is -0.142. The third kappa shape index (κ3) is 7.09. The number of guanidine groups is 1. The minimum Gasteiger partial charge on any atom is -0.354 e. The lowest BCUT2D eigenvalue weighted by Gasteiger charge is -2.38. The van der Waals surface area contributed by atoms with E-state index >= 15 is 0 Å². The maximum Gasteiger partial charge on any atom is 0.435 e. The summed E-state index contributed by atoms with van der Waals surface area (Å²) in [7, 11) is 3.10. The van der Waals surface area contributed by atoms with Crippen LogP contribution in [-0.2, 0) is 26.3 Å². The Morgan fingerprint density at radius 3 is 2.58 bits per heavy atom. The second kappa shape index (κ2) is 11.2. The lowest BCUT2D eigenvalue weighted by Crippen LogP contribution is -2.51. The summed E-state index contributed by atoms with van der Waals surface area (Å²) >= 11 is 0. The summed E-state index contributed by atoms with van der Waals surface area (Å²) in [4.78, 5) is 6.63. The number of rotatable bonds is 5. The molecule has 2 aromatic rings. The highest BCUT2D eigenvalue weighted by molar-refractivity contribution is 14.0. The normalized spacial score (nSPS) is 20.3. The highest BCUT2D eigenvalue weighted by Crippen LogP contribution is 2.30. The van der Waals surface area contributed by atoms with Crippen LogP contribution in [-0.4, -0.2) is 46.3 Å². The molecule has 1 aromatic heterocycles. The molecule has 0 bridgehead atoms. The van der Waals surface area contributed by atoms with Gasteiger partial charge in [-0.15, -0.1) is 24.0 Å². The number of piperidine rings is 1. The van der Waals surface area contributed by atoms with Gasteiger partial charge in [0.25, 0.3) is 0 Å². The number of aryl methyl sites for hydroxylation is 1. The molecule has 31 heavy (non-hydrogen) atoms. The standard InChI is InChI=1S/C21H29F3N6.HI/c1-15-11-18(9-10-30(15)13-16-7-5-4-6-8-16)27-20(25-2)26-12-17-14-29(3)28-19(17)21(22,23)24;/h4-8,14-15,18H,9-13H2,1-3H3,(H2,25,26,27);1H. The Bertz CT molecular complexity index is 853. The number of nitrogens with one attached hydrogen (secondary N) is 2. The number of benzene rings is 1. The summed E-state index contributed by atoms with van der Waals surface area (Å²) in [5.41, 5.74) is 0.528. The lowest BCUT2D eigenvalue weighted by atomic mass is 9.97. The monoisotopic (exact) mass is 550 g/mol. The first-order valence-corrected chi connectivity index (χ1v) is 10.1. The molecule has 0 aliphatic carbocycles. The Labute approximate surface area is 198 Å². The predicted molar refractivity (Wildman–Crippen MR) is 126 cm³/mol. The van der Waals surface area contributed by atoms with E-state index in [0.717, 1.165) is 25.9 Å². The smallest absolute Gasteiger partial charge is 0.354 e. The third-order valence-electron chi connectivity index (χ3n) is 5.43. The molecule has 172 valence electrons. The number of alkyl halides is 3. The van der Waals surface area contributed by atoms with E-state index < -0.39 is 11.9 Å². The van der Waals surface area contributed by atoms with Crippen molar-refractivity contribution in [2.24, 2.45) is 12.0 Å². The zero-order valence-corrected chi connectivity index (χ0v) is 20.3. The van der Waals surface area contributed by atoms with Gasteiger partial charge in [0.05, 0.1) is 0 Å². The molecule has 1 saturated heterocycles. The van der Waals surface area contributed by atoms with Gasteiger partial charge in [0.1, 0.15) is 0 Å². The molecule has 3 rings (SSSR count). The van der Waals surface area contributed by atoms with Gasteiger partial charge in [0.2, 0.25) is 0 Å². The summed E-state index contributed by atoms with van der Waals surface area (Å²) in [5, 5.41) is 9.90. The van der Waals surface area contributed by atoms with Crippen molar-refractivity contribution in [2.75, 3.05) is 13.6 Å². The minimum atomic E-state index is -4.48. The van der Waals surface area contributed by atoms with Crippen molar-refractivity contribution in [2.45, 2.75) is 51.1 Å². The minimum absolute atomic E-state index is 0. The van der Waals surface area contributed by atoms with E-state index in [0.29, 0.717) is 12.0 Å². The van der Waals surface area contributed by atoms with Crippen molar-refractivity contribution in [3.63, 3.8) is 0 Å². The summed E-state index contributed by atoms with van der Waals surface area (Å²) in [6.45, 7) is 4.08. The molecule has 0 radical (unpaired) electrons. The molecule has 0 saturated carbocycles. The van der Waals surface area contributed by atoms with Crippen LogP contribution in [0.1, 0.15) is 36.6 Å². The fraction of sp³-hybridized carbons (Fsp3) is 0.524. The number of aromatic nitrogens is 2. The van der Waals surface area contributed by atoms with Gasteiger partial charge in [0.15, 0.2) is 11.7 Å². The van der Waals surface area contributed by atoms with Crippen LogP contribution >= 0.6 is 24.0 Å². The van der Waals surface area contributed by atoms with Gasteiger partial charge in [0, 0.05) is 57.6 Å². The van der Waals surface area contributed by atoms with Crippen molar-refractivity contribution in [1.82, 2.24) is 25.3 Å². The highest BCUT2D eigenvalue weighted by atomic mass is 127. The number of hydrogen-bond donors (Lipinski definition) is 2. The molecule has 1 aliphatic rings. The van der Waals surface area contributed by atoms with Crippen LogP contribution in [0.4, 0.5) is 13.2 Å². The van der Waals surface area contributed by atoms with Crippen LogP contribution in [0.3, 0.4) is 0 Å². The molecule has 10 heteroatoms. The third-order valence-corrected chi connectivity index (χ3v) is 5.43. The number of halogens is 4. The molecule has 2 heterocycles. The summed E-state index contributed by atoms with van der Waals surface area (Å²) in [5.74, 6) is 0.501. The van der Waals surface area contributed by atoms with E-state index in [9.17, 15) is 13.2 Å². The van der Waals surface area contributed by atoms with E-state index in [1.54, 1.807) is 7.05 Å². The largest absolute Gasteiger partial charge is 0.435 e. The van der Waals surface area contributed by atoms with Gasteiger partial charge in [-0.3, -0.25) is 14.6 Å². The zero-order chi connectivity index (χ0) is 21.7. The van der Waals surface area contributed by atoms with Crippen LogP contribution in [0.25, 0.3) is 0 Å². The first-order chi connectivity index (χ1) is 14.3. The molecule has 2 atom stereocenters. The summed E-state index contributed by atoms with van der Waals surface area (Å²) in [6, 6.07) is 11.0. The molecular formula is C21H30F3IN6. The van der Waals surface area contributed by atoms with Crippen LogP contribution in [0.5, 0.6) is 0 Å². The first kappa shape index (κ1) is 25.4. The SMILES string of the molecule is CN=C(NCc1cn(C)nc1C(F)(F)F)NC1CCN(Cc2ccccc2)C(C)C1.I. The van der Waals surface area contributed by atoms with Gasteiger partial charge >= 0.3 is 6.18 Å². The van der Waals surface area contributed by atoms with E-state index in [1.165, 1.54) is 23.5 Å². The summed E-state index contributed by atoms with van der Waals surface area (Å²) < 4.78 is 40.5. The number of aliphatic imine (C=N–C) groups is 1. The molecule has 2 N–H and O–H groups in total. The topological polar surface area (TPSA) is 57.5 Å². The van der Waals surface area contributed by atoms with Crippen molar-refractivity contribution in [1.29, 1.82) is 0 Å². The molecule has 1 aromatic carbocycles. The van der Waals surface area contributed by atoms with Crippen molar-refractivity contribution in [3.05, 3.63) is 53.3 Å². The van der Waals surface area contributed by atoms with Crippen LogP contribution in [0.2, 0.25) is 0 Å². The van der Waals surface area contributed by atoms with E-state index in [1.807, 2.05) is 6.07 Å². The summed E-state index contributed by atoms with van der Waals surface area (Å²) in [6.07, 6.45) is -1.21. The number of likely N-dealkylation sites (tertiary alicyclic amines) is 1. The van der Waals surface area contributed by atoms with Crippen LogP contribution in [0.15, 0.2) is 41.5 Å². The van der Waals surface area contributed by atoms with Gasteiger partial charge < -0.3 is 10.6 Å². The molecule has 6 nitrogen and oxygen atoms in total. The Morgan fingerprint density at radius 2 is 1.97 bits per heavy atom. The Balaban J connectivity index is 0.00000341. The Morgan fingerprint density at radius 1 is 1.26 bits per heavy atom. The Kier molecular flexibility index (Phi) is 9.16. The van der Waals surface area contributed by atoms with Gasteiger partial charge in [-0.1, -0.05) is 30.3 Å². The molecule has 2 unspecified atom stereocenters. The van der Waals surface area contributed by atoms with E-state index in [-0.39, 0.29) is 42.1 Å². The van der Waals surface area contributed by atoms with Crippen molar-refractivity contribution < 1.29 is 13.2 Å². The number of nitrogens with zero attached hydrogens (tertiary/aromatic N) is 4. The molecule has 1 aliphatic heterocycles. The maximum atomic E-state index is 13.1. The average molecular weight is 550 g/mol. The first-order valence-electron chi connectivity index (χ1n) is 10.1. The molecule has 1 fully saturated rings. The molecule has 0 amide bonds. The zero-order valence-electron chi connectivity index (χ0n) is 18.0. The van der Waals surface area contributed by atoms with Crippen LogP contribution in [0, 0.1) is 0 Å². The Hall–Kier alpha value is -1.82. The van der Waals surface area contributed by atoms with Gasteiger partial charge in [-0.2, -0.15) is 18.3 Å². The van der Waals surface area contributed by atoms with Crippen molar-refractivity contribution in [3.8, 4) is 0 Å². The predicted octanol–water partition coefficient (Wildman–Crippen LogP) is 3.78. The maximum absolute atomic E-state index is 13.1. The quantitative estimate of drug-likeness (QED) is 0.338. The number of hydrogen-bond acceptors (Lipinski definition) is 3.